The maximum atomic E-state index is 12.8. The van der Waals surface area contributed by atoms with Crippen molar-refractivity contribution in [1.82, 2.24) is 16.0 Å². The molecule has 0 radical (unpaired) electrons. The van der Waals surface area contributed by atoms with Gasteiger partial charge in [-0.2, -0.15) is 12.6 Å². The van der Waals surface area contributed by atoms with Crippen molar-refractivity contribution in [3.63, 3.8) is 0 Å². The van der Waals surface area contributed by atoms with Crippen molar-refractivity contribution in [1.29, 1.82) is 0 Å². The molecule has 0 spiro atoms. The van der Waals surface area contributed by atoms with Gasteiger partial charge in [-0.3, -0.25) is 14.4 Å². The quantitative estimate of drug-likeness (QED) is 0.212. The summed E-state index contributed by atoms with van der Waals surface area (Å²) in [5, 5.41) is 17.1. The van der Waals surface area contributed by atoms with E-state index in [1.807, 2.05) is 41.5 Å². The fourth-order valence-corrected chi connectivity index (χ4v) is 3.17. The molecule has 0 aromatic rings. The van der Waals surface area contributed by atoms with Crippen molar-refractivity contribution in [3.05, 3.63) is 0 Å². The summed E-state index contributed by atoms with van der Waals surface area (Å²) < 4.78 is 0. The number of carbonyl (C=O) groups is 4. The van der Waals surface area contributed by atoms with Gasteiger partial charge in [-0.25, -0.2) is 4.79 Å². The average Bonchev–Trinajstić information content (AvgIpc) is 2.68. The summed E-state index contributed by atoms with van der Waals surface area (Å²) in [6.07, 6.45) is 1.29. The summed E-state index contributed by atoms with van der Waals surface area (Å²) in [4.78, 5) is 49.3. The Kier molecular flexibility index (Phi) is 13.5. The number of aliphatic carboxylic acids is 1. The fourth-order valence-electron chi connectivity index (χ4n) is 2.91. The Morgan fingerprint density at radius 1 is 0.806 bits per heavy atom. The number of rotatable bonds is 14. The zero-order valence-electron chi connectivity index (χ0n) is 19.5. The number of carboxylic acids is 1. The number of nitrogens with two attached hydrogens (primary N) is 1. The van der Waals surface area contributed by atoms with Crippen LogP contribution in [-0.2, 0) is 19.2 Å². The molecule has 0 heterocycles. The molecule has 0 aromatic heterocycles. The minimum absolute atomic E-state index is 0.0198. The number of thiol groups is 1. The topological polar surface area (TPSA) is 151 Å². The monoisotopic (exact) mass is 460 g/mol. The van der Waals surface area contributed by atoms with Crippen LogP contribution in [0.1, 0.15) is 60.8 Å². The summed E-state index contributed by atoms with van der Waals surface area (Å²) in [7, 11) is 0. The minimum atomic E-state index is -1.13. The molecule has 10 heteroatoms. The van der Waals surface area contributed by atoms with Gasteiger partial charge in [0.25, 0.3) is 0 Å². The van der Waals surface area contributed by atoms with E-state index < -0.39 is 47.9 Å². The smallest absolute Gasteiger partial charge is 0.326 e. The number of carboxylic acid groups (broad SMARTS) is 1. The van der Waals surface area contributed by atoms with Crippen LogP contribution in [0.4, 0.5) is 0 Å². The summed E-state index contributed by atoms with van der Waals surface area (Å²) >= 11 is 4.14. The molecule has 5 atom stereocenters. The molecule has 0 aromatic carbocycles. The normalized spacial score (nSPS) is 16.2. The number of amides is 3. The third-order valence-corrected chi connectivity index (χ3v) is 5.40. The van der Waals surface area contributed by atoms with Gasteiger partial charge in [0.05, 0.1) is 6.04 Å². The first-order valence-electron chi connectivity index (χ1n) is 10.8. The van der Waals surface area contributed by atoms with Crippen LogP contribution in [0.25, 0.3) is 0 Å². The van der Waals surface area contributed by atoms with E-state index in [1.54, 1.807) is 0 Å². The molecule has 3 amide bonds. The minimum Gasteiger partial charge on any atom is -0.480 e. The van der Waals surface area contributed by atoms with Crippen molar-refractivity contribution in [2.75, 3.05) is 5.75 Å². The highest BCUT2D eigenvalue weighted by Gasteiger charge is 2.31. The van der Waals surface area contributed by atoms with Gasteiger partial charge in [0.2, 0.25) is 17.7 Å². The third-order valence-electron chi connectivity index (χ3n) is 5.04. The SMILES string of the molecule is CCC(C)C(N)C(=O)NC(CS)C(=O)NC(CC(C)C)C(=O)NC(CC(C)C)C(=O)O. The van der Waals surface area contributed by atoms with Crippen LogP contribution in [0.5, 0.6) is 0 Å². The fraction of sp³-hybridized carbons (Fsp3) is 0.810. The van der Waals surface area contributed by atoms with Crippen LogP contribution in [0.15, 0.2) is 0 Å². The van der Waals surface area contributed by atoms with Crippen LogP contribution in [0.2, 0.25) is 0 Å². The zero-order valence-corrected chi connectivity index (χ0v) is 20.4. The molecule has 0 aliphatic rings. The maximum Gasteiger partial charge on any atom is 0.326 e. The first-order chi connectivity index (χ1) is 14.3. The molecule has 0 rings (SSSR count). The third kappa shape index (κ3) is 10.9. The molecule has 180 valence electrons. The lowest BCUT2D eigenvalue weighted by atomic mass is 9.99. The summed E-state index contributed by atoms with van der Waals surface area (Å²) in [6.45, 7) is 11.3. The van der Waals surface area contributed by atoms with Gasteiger partial charge in [0.15, 0.2) is 0 Å². The molecule has 0 aliphatic carbocycles. The molecule has 5 unspecified atom stereocenters. The average molecular weight is 461 g/mol. The van der Waals surface area contributed by atoms with Crippen molar-refractivity contribution >= 4 is 36.3 Å². The number of hydrogen-bond donors (Lipinski definition) is 6. The highest BCUT2D eigenvalue weighted by Crippen LogP contribution is 2.10. The molecular formula is C21H40N4O5S. The molecular weight excluding hydrogens is 420 g/mol. The summed E-state index contributed by atoms with van der Waals surface area (Å²) in [6, 6.07) is -3.72. The predicted octanol–water partition coefficient (Wildman–Crippen LogP) is 0.921. The Bertz CT molecular complexity index is 615. The molecule has 0 saturated heterocycles. The van der Waals surface area contributed by atoms with E-state index in [9.17, 15) is 24.3 Å². The second kappa shape index (κ2) is 14.3. The summed E-state index contributed by atoms with van der Waals surface area (Å²) in [5.41, 5.74) is 5.92. The first kappa shape index (κ1) is 29.2. The van der Waals surface area contributed by atoms with E-state index >= 15 is 0 Å². The van der Waals surface area contributed by atoms with Crippen LogP contribution < -0.4 is 21.7 Å². The first-order valence-corrected chi connectivity index (χ1v) is 11.5. The van der Waals surface area contributed by atoms with Crippen LogP contribution in [0, 0.1) is 17.8 Å². The Balaban J connectivity index is 5.30. The largest absolute Gasteiger partial charge is 0.480 e. The van der Waals surface area contributed by atoms with Gasteiger partial charge >= 0.3 is 5.97 Å². The lowest BCUT2D eigenvalue weighted by Crippen LogP contribution is -2.58. The number of hydrogen-bond acceptors (Lipinski definition) is 6. The van der Waals surface area contributed by atoms with E-state index in [4.69, 9.17) is 5.73 Å². The van der Waals surface area contributed by atoms with E-state index in [0.717, 1.165) is 0 Å². The molecule has 6 N–H and O–H groups in total. The van der Waals surface area contributed by atoms with Gasteiger partial charge in [-0.1, -0.05) is 48.0 Å². The molecule has 0 saturated carbocycles. The number of nitrogens with one attached hydrogen (secondary N) is 3. The molecule has 31 heavy (non-hydrogen) atoms. The number of carbonyl (C=O) groups excluding carboxylic acids is 3. The van der Waals surface area contributed by atoms with Gasteiger partial charge in [-0.15, -0.1) is 0 Å². The Morgan fingerprint density at radius 2 is 1.23 bits per heavy atom. The maximum absolute atomic E-state index is 12.8. The van der Waals surface area contributed by atoms with E-state index in [2.05, 4.69) is 28.6 Å². The summed E-state index contributed by atoms with van der Waals surface area (Å²) in [5.74, 6) is -2.65. The second-order valence-corrected chi connectivity index (χ2v) is 9.24. The van der Waals surface area contributed by atoms with Crippen LogP contribution in [0.3, 0.4) is 0 Å². The Hall–Kier alpha value is -1.81. The molecule has 0 fully saturated rings. The van der Waals surface area contributed by atoms with Gasteiger partial charge in [0, 0.05) is 5.75 Å². The standard InChI is InChI=1S/C21H40N4O5S/c1-7-13(6)17(22)20(28)25-16(10-31)19(27)23-14(8-11(2)3)18(26)24-15(21(29)30)9-12(4)5/h11-17,31H,7-10,22H2,1-6H3,(H,23,27)(H,24,26)(H,25,28)(H,29,30). The lowest BCUT2D eigenvalue weighted by Gasteiger charge is -2.26. The molecule has 0 bridgehead atoms. The Labute approximate surface area is 191 Å². The van der Waals surface area contributed by atoms with Gasteiger partial charge in [0.1, 0.15) is 18.1 Å². The van der Waals surface area contributed by atoms with Gasteiger partial charge < -0.3 is 26.8 Å². The van der Waals surface area contributed by atoms with Crippen molar-refractivity contribution in [2.24, 2.45) is 23.5 Å². The van der Waals surface area contributed by atoms with Crippen molar-refractivity contribution < 1.29 is 24.3 Å². The van der Waals surface area contributed by atoms with Crippen LogP contribution in [-0.4, -0.2) is 58.7 Å². The zero-order chi connectivity index (χ0) is 24.3. The predicted molar refractivity (Wildman–Crippen MR) is 124 cm³/mol. The van der Waals surface area contributed by atoms with E-state index in [1.165, 1.54) is 0 Å². The van der Waals surface area contributed by atoms with Crippen molar-refractivity contribution in [3.8, 4) is 0 Å². The lowest BCUT2D eigenvalue weighted by molar-refractivity contribution is -0.143. The molecule has 9 nitrogen and oxygen atoms in total. The Morgan fingerprint density at radius 3 is 1.65 bits per heavy atom. The van der Waals surface area contributed by atoms with E-state index in [0.29, 0.717) is 12.8 Å². The second-order valence-electron chi connectivity index (χ2n) is 8.87. The van der Waals surface area contributed by atoms with Crippen LogP contribution >= 0.6 is 12.6 Å². The van der Waals surface area contributed by atoms with E-state index in [-0.39, 0.29) is 29.9 Å². The highest BCUT2D eigenvalue weighted by atomic mass is 32.1. The van der Waals surface area contributed by atoms with Crippen molar-refractivity contribution in [2.45, 2.75) is 85.0 Å². The van der Waals surface area contributed by atoms with Gasteiger partial charge in [-0.05, 0) is 30.6 Å². The highest BCUT2D eigenvalue weighted by molar-refractivity contribution is 7.80. The molecule has 0 aliphatic heterocycles.